The summed E-state index contributed by atoms with van der Waals surface area (Å²) in [5, 5.41) is 11.9. The minimum Gasteiger partial charge on any atom is -0.497 e. The first-order valence-electron chi connectivity index (χ1n) is 7.53. The molecule has 1 N–H and O–H groups in total. The summed E-state index contributed by atoms with van der Waals surface area (Å²) in [6.07, 6.45) is 1.51. The van der Waals surface area contributed by atoms with Crippen LogP contribution >= 0.6 is 0 Å². The van der Waals surface area contributed by atoms with Gasteiger partial charge in [0, 0.05) is 11.6 Å². The molecule has 3 rings (SSSR count). The first-order chi connectivity index (χ1) is 12.2. The molecule has 1 heterocycles. The average molecular weight is 339 g/mol. The second kappa shape index (κ2) is 7.43. The number of ether oxygens (including phenoxy) is 2. The number of hydrogen-bond acceptors (Lipinski definition) is 6. The van der Waals surface area contributed by atoms with Crippen molar-refractivity contribution >= 4 is 23.2 Å². The van der Waals surface area contributed by atoms with Gasteiger partial charge in [0.1, 0.15) is 23.6 Å². The third-order valence-electron chi connectivity index (χ3n) is 3.55. The Hall–Kier alpha value is -3.42. The van der Waals surface area contributed by atoms with Crippen molar-refractivity contribution in [2.75, 3.05) is 14.2 Å². The molecule has 8 heteroatoms. The van der Waals surface area contributed by atoms with Gasteiger partial charge >= 0.3 is 0 Å². The number of rotatable bonds is 6. The molecule has 0 aliphatic heterocycles. The van der Waals surface area contributed by atoms with E-state index in [1.165, 1.54) is 10.9 Å². The fourth-order valence-corrected chi connectivity index (χ4v) is 2.30. The Balaban J connectivity index is 1.65. The number of nitrogens with zero attached hydrogens (tertiary/aromatic N) is 4. The lowest BCUT2D eigenvalue weighted by atomic mass is 10.2. The van der Waals surface area contributed by atoms with Crippen LogP contribution < -0.4 is 14.9 Å². The van der Waals surface area contributed by atoms with Crippen LogP contribution in [0, 0.1) is 0 Å². The molecule has 0 bridgehead atoms. The summed E-state index contributed by atoms with van der Waals surface area (Å²) in [6.45, 7) is 0.0254. The average Bonchev–Trinajstić information content (AvgIpc) is 3.05. The number of hydrogen-bond donors (Lipinski definition) is 1. The Kier molecular flexibility index (Phi) is 4.89. The number of fused-ring (bicyclic) bond motifs is 1. The predicted molar refractivity (Wildman–Crippen MR) is 92.8 cm³/mol. The molecule has 0 unspecified atom stereocenters. The van der Waals surface area contributed by atoms with Gasteiger partial charge in [0.05, 0.1) is 26.0 Å². The molecule has 3 aromatic rings. The number of carbonyl (C=O) groups excluding carboxylic acids is 1. The van der Waals surface area contributed by atoms with Crippen molar-refractivity contribution in [3.63, 3.8) is 0 Å². The zero-order valence-electron chi connectivity index (χ0n) is 13.8. The van der Waals surface area contributed by atoms with E-state index < -0.39 is 0 Å². The maximum atomic E-state index is 12.0. The summed E-state index contributed by atoms with van der Waals surface area (Å²) in [7, 11) is 3.14. The molecule has 128 valence electrons. The molecule has 0 saturated heterocycles. The molecular weight excluding hydrogens is 322 g/mol. The third kappa shape index (κ3) is 3.74. The van der Waals surface area contributed by atoms with Gasteiger partial charge in [0.25, 0.3) is 5.91 Å². The van der Waals surface area contributed by atoms with Crippen molar-refractivity contribution in [1.29, 1.82) is 0 Å². The Morgan fingerprint density at radius 2 is 2.08 bits per heavy atom. The van der Waals surface area contributed by atoms with Crippen LogP contribution in [-0.4, -0.2) is 41.3 Å². The SMILES string of the molecule is COc1ccc(C=NNC(=O)Cn2nnc3ccccc32)c(OC)c1. The molecule has 0 fully saturated rings. The van der Waals surface area contributed by atoms with Gasteiger partial charge in [0.15, 0.2) is 0 Å². The number of benzene rings is 2. The van der Waals surface area contributed by atoms with Gasteiger partial charge in [-0.2, -0.15) is 5.10 Å². The zero-order chi connectivity index (χ0) is 17.6. The van der Waals surface area contributed by atoms with E-state index in [1.54, 1.807) is 32.4 Å². The standard InChI is InChI=1S/C17H17N5O3/c1-24-13-8-7-12(16(9-13)25-2)10-18-20-17(23)11-22-15-6-4-3-5-14(15)19-21-22/h3-10H,11H2,1-2H3,(H,20,23). The summed E-state index contributed by atoms with van der Waals surface area (Å²) in [5.74, 6) is 0.968. The van der Waals surface area contributed by atoms with Crippen molar-refractivity contribution in [1.82, 2.24) is 20.4 Å². The lowest BCUT2D eigenvalue weighted by molar-refractivity contribution is -0.121. The fourth-order valence-electron chi connectivity index (χ4n) is 2.30. The molecule has 0 saturated carbocycles. The van der Waals surface area contributed by atoms with E-state index in [9.17, 15) is 4.79 Å². The summed E-state index contributed by atoms with van der Waals surface area (Å²) in [6, 6.07) is 12.7. The molecule has 0 spiro atoms. The quantitative estimate of drug-likeness (QED) is 0.544. The smallest absolute Gasteiger partial charge is 0.261 e. The van der Waals surface area contributed by atoms with Crippen LogP contribution in [0.1, 0.15) is 5.56 Å². The first-order valence-corrected chi connectivity index (χ1v) is 7.53. The fraction of sp³-hybridized carbons (Fsp3) is 0.176. The largest absolute Gasteiger partial charge is 0.497 e. The van der Waals surface area contributed by atoms with Gasteiger partial charge in [-0.05, 0) is 24.3 Å². The van der Waals surface area contributed by atoms with E-state index >= 15 is 0 Å². The molecular formula is C17H17N5O3. The highest BCUT2D eigenvalue weighted by molar-refractivity contribution is 5.86. The molecule has 25 heavy (non-hydrogen) atoms. The second-order valence-corrected chi connectivity index (χ2v) is 5.14. The molecule has 0 aliphatic rings. The highest BCUT2D eigenvalue weighted by Crippen LogP contribution is 2.22. The highest BCUT2D eigenvalue weighted by Gasteiger charge is 2.08. The summed E-state index contributed by atoms with van der Waals surface area (Å²) in [4.78, 5) is 12.0. The third-order valence-corrected chi connectivity index (χ3v) is 3.55. The highest BCUT2D eigenvalue weighted by atomic mass is 16.5. The van der Waals surface area contributed by atoms with E-state index in [0.29, 0.717) is 11.5 Å². The number of amides is 1. The van der Waals surface area contributed by atoms with Crippen LogP contribution in [0.4, 0.5) is 0 Å². The van der Waals surface area contributed by atoms with Crippen molar-refractivity contribution in [2.24, 2.45) is 5.10 Å². The van der Waals surface area contributed by atoms with Crippen LogP contribution in [0.25, 0.3) is 11.0 Å². The number of methoxy groups -OCH3 is 2. The lowest BCUT2D eigenvalue weighted by Gasteiger charge is -2.07. The van der Waals surface area contributed by atoms with Gasteiger partial charge in [-0.25, -0.2) is 10.1 Å². The van der Waals surface area contributed by atoms with E-state index in [-0.39, 0.29) is 12.5 Å². The predicted octanol–water partition coefficient (Wildman–Crippen LogP) is 1.60. The molecule has 1 aromatic heterocycles. The summed E-state index contributed by atoms with van der Waals surface area (Å²) in [5.41, 5.74) is 4.71. The number of carbonyl (C=O) groups is 1. The minimum atomic E-state index is -0.306. The number of aromatic nitrogens is 3. The molecule has 1 amide bonds. The Morgan fingerprint density at radius 1 is 1.24 bits per heavy atom. The topological polar surface area (TPSA) is 90.6 Å². The molecule has 0 atom stereocenters. The summed E-state index contributed by atoms with van der Waals surface area (Å²) < 4.78 is 11.9. The molecule has 8 nitrogen and oxygen atoms in total. The number of nitrogens with one attached hydrogen (secondary N) is 1. The van der Waals surface area contributed by atoms with Crippen LogP contribution in [0.5, 0.6) is 11.5 Å². The van der Waals surface area contributed by atoms with Gasteiger partial charge in [0.2, 0.25) is 0 Å². The Bertz CT molecular complexity index is 920. The molecule has 0 aliphatic carbocycles. The van der Waals surface area contributed by atoms with Crippen LogP contribution in [-0.2, 0) is 11.3 Å². The van der Waals surface area contributed by atoms with E-state index in [0.717, 1.165) is 16.6 Å². The van der Waals surface area contributed by atoms with Crippen molar-refractivity contribution in [3.05, 3.63) is 48.0 Å². The maximum absolute atomic E-state index is 12.0. The van der Waals surface area contributed by atoms with Crippen molar-refractivity contribution in [3.8, 4) is 11.5 Å². The van der Waals surface area contributed by atoms with Crippen molar-refractivity contribution in [2.45, 2.75) is 6.54 Å². The Labute approximate surface area is 144 Å². The Morgan fingerprint density at radius 3 is 2.88 bits per heavy atom. The van der Waals surface area contributed by atoms with Crippen LogP contribution in [0.3, 0.4) is 0 Å². The monoisotopic (exact) mass is 339 g/mol. The van der Waals surface area contributed by atoms with Gasteiger partial charge < -0.3 is 9.47 Å². The number of para-hydroxylation sites is 1. The van der Waals surface area contributed by atoms with Gasteiger partial charge in [-0.3, -0.25) is 4.79 Å². The zero-order valence-corrected chi connectivity index (χ0v) is 13.8. The first kappa shape index (κ1) is 16.4. The normalized spacial score (nSPS) is 11.0. The van der Waals surface area contributed by atoms with Gasteiger partial charge in [-0.1, -0.05) is 17.3 Å². The van der Waals surface area contributed by atoms with E-state index in [1.807, 2.05) is 24.3 Å². The van der Waals surface area contributed by atoms with Crippen LogP contribution in [0.15, 0.2) is 47.6 Å². The maximum Gasteiger partial charge on any atom is 0.261 e. The van der Waals surface area contributed by atoms with Crippen LogP contribution in [0.2, 0.25) is 0 Å². The van der Waals surface area contributed by atoms with E-state index in [2.05, 4.69) is 20.8 Å². The molecule has 2 aromatic carbocycles. The lowest BCUT2D eigenvalue weighted by Crippen LogP contribution is -2.23. The van der Waals surface area contributed by atoms with Crippen molar-refractivity contribution < 1.29 is 14.3 Å². The van der Waals surface area contributed by atoms with E-state index in [4.69, 9.17) is 9.47 Å². The summed E-state index contributed by atoms with van der Waals surface area (Å²) >= 11 is 0. The second-order valence-electron chi connectivity index (χ2n) is 5.14. The number of hydrazone groups is 1. The molecule has 0 radical (unpaired) electrons. The minimum absolute atomic E-state index is 0.0254. The van der Waals surface area contributed by atoms with Gasteiger partial charge in [-0.15, -0.1) is 5.10 Å².